The quantitative estimate of drug-likeness (QED) is 0.685. The summed E-state index contributed by atoms with van der Waals surface area (Å²) in [7, 11) is 0. The fourth-order valence-corrected chi connectivity index (χ4v) is 2.84. The minimum absolute atomic E-state index is 0.562. The molecule has 5 heteroatoms. The van der Waals surface area contributed by atoms with Crippen molar-refractivity contribution in [2.75, 3.05) is 5.88 Å². The number of nitrogens with zero attached hydrogens (tertiary/aromatic N) is 3. The van der Waals surface area contributed by atoms with Crippen LogP contribution in [0.5, 0.6) is 0 Å². The van der Waals surface area contributed by atoms with Crippen LogP contribution in [0.15, 0.2) is 29.1 Å². The first-order chi connectivity index (χ1) is 8.81. The van der Waals surface area contributed by atoms with Crippen molar-refractivity contribution in [2.24, 2.45) is 0 Å². The zero-order valence-corrected chi connectivity index (χ0v) is 11.5. The summed E-state index contributed by atoms with van der Waals surface area (Å²) in [6, 6.07) is 4.06. The van der Waals surface area contributed by atoms with Crippen molar-refractivity contribution in [3.63, 3.8) is 0 Å². The summed E-state index contributed by atoms with van der Waals surface area (Å²) >= 11 is 7.53. The fourth-order valence-electron chi connectivity index (χ4n) is 2.05. The second-order valence-electron chi connectivity index (χ2n) is 4.08. The van der Waals surface area contributed by atoms with Crippen LogP contribution in [-0.4, -0.2) is 20.4 Å². The molecule has 0 saturated heterocycles. The Morgan fingerprint density at radius 2 is 2.28 bits per heavy atom. The number of hydrogen-bond donors (Lipinski definition) is 0. The zero-order chi connectivity index (χ0) is 12.5. The van der Waals surface area contributed by atoms with E-state index in [1.807, 2.05) is 12.3 Å². The Balaban J connectivity index is 2.32. The predicted octanol–water partition coefficient (Wildman–Crippen LogP) is 3.57. The molecule has 0 atom stereocenters. The Morgan fingerprint density at radius 3 is 3.00 bits per heavy atom. The molecule has 0 aromatic carbocycles. The number of aryl methyl sites for hydroxylation is 2. The average molecular weight is 278 g/mol. The van der Waals surface area contributed by atoms with Crippen molar-refractivity contribution in [3.05, 3.63) is 40.5 Å². The lowest BCUT2D eigenvalue weighted by molar-refractivity contribution is 0.908. The molecule has 0 aliphatic heterocycles. The fraction of sp³-hybridized carbons (Fsp3) is 0.231. The lowest BCUT2D eigenvalue weighted by Gasteiger charge is -2.04. The molecule has 92 valence electrons. The smallest absolute Gasteiger partial charge is 0.164 e. The van der Waals surface area contributed by atoms with Crippen LogP contribution >= 0.6 is 22.9 Å². The number of pyridine rings is 1. The molecule has 3 aromatic rings. The predicted molar refractivity (Wildman–Crippen MR) is 75.9 cm³/mol. The van der Waals surface area contributed by atoms with Crippen LogP contribution in [-0.2, 0) is 6.42 Å². The van der Waals surface area contributed by atoms with Gasteiger partial charge in [0, 0.05) is 23.9 Å². The van der Waals surface area contributed by atoms with Gasteiger partial charge in [0.1, 0.15) is 11.3 Å². The number of alkyl halides is 1. The van der Waals surface area contributed by atoms with Crippen molar-refractivity contribution in [2.45, 2.75) is 13.3 Å². The van der Waals surface area contributed by atoms with E-state index in [1.54, 1.807) is 11.3 Å². The third-order valence-corrected chi connectivity index (χ3v) is 3.76. The molecule has 3 aromatic heterocycles. The molecule has 0 aliphatic carbocycles. The van der Waals surface area contributed by atoms with E-state index >= 15 is 0 Å². The normalized spacial score (nSPS) is 11.2. The maximum absolute atomic E-state index is 5.87. The van der Waals surface area contributed by atoms with Crippen molar-refractivity contribution in [1.82, 2.24) is 14.5 Å². The van der Waals surface area contributed by atoms with Crippen molar-refractivity contribution < 1.29 is 0 Å². The first kappa shape index (κ1) is 11.7. The molecule has 0 radical (unpaired) electrons. The van der Waals surface area contributed by atoms with Crippen LogP contribution in [0.4, 0.5) is 0 Å². The highest BCUT2D eigenvalue weighted by molar-refractivity contribution is 7.08. The summed E-state index contributed by atoms with van der Waals surface area (Å²) in [5, 5.41) is 4.16. The molecule has 18 heavy (non-hydrogen) atoms. The number of imidazole rings is 1. The summed E-state index contributed by atoms with van der Waals surface area (Å²) in [6.45, 7) is 2.06. The molecule has 0 amide bonds. The van der Waals surface area contributed by atoms with Crippen LogP contribution in [0.3, 0.4) is 0 Å². The van der Waals surface area contributed by atoms with Crippen LogP contribution in [0.1, 0.15) is 11.4 Å². The third-order valence-electron chi connectivity index (χ3n) is 2.90. The molecule has 3 heterocycles. The molecule has 0 N–H and O–H groups in total. The van der Waals surface area contributed by atoms with Gasteiger partial charge in [-0.05, 0) is 30.0 Å². The molecule has 0 saturated carbocycles. The highest BCUT2D eigenvalue weighted by Gasteiger charge is 2.14. The van der Waals surface area contributed by atoms with E-state index in [0.29, 0.717) is 5.88 Å². The number of aromatic nitrogens is 3. The summed E-state index contributed by atoms with van der Waals surface area (Å²) in [5.74, 6) is 1.53. The van der Waals surface area contributed by atoms with Gasteiger partial charge in [-0.25, -0.2) is 9.97 Å². The maximum Gasteiger partial charge on any atom is 0.164 e. The van der Waals surface area contributed by atoms with Gasteiger partial charge in [0.15, 0.2) is 5.65 Å². The molecule has 0 bridgehead atoms. The highest BCUT2D eigenvalue weighted by Crippen LogP contribution is 2.23. The molecule has 0 aliphatic rings. The van der Waals surface area contributed by atoms with Gasteiger partial charge < -0.3 is 0 Å². The summed E-state index contributed by atoms with van der Waals surface area (Å²) < 4.78 is 2.10. The second kappa shape index (κ2) is 4.71. The number of fused-ring (bicyclic) bond motifs is 1. The van der Waals surface area contributed by atoms with Crippen LogP contribution in [0.2, 0.25) is 0 Å². The van der Waals surface area contributed by atoms with Gasteiger partial charge >= 0.3 is 0 Å². The Bertz CT molecular complexity index is 673. The van der Waals surface area contributed by atoms with Gasteiger partial charge in [-0.15, -0.1) is 11.6 Å². The van der Waals surface area contributed by atoms with E-state index in [2.05, 4.69) is 38.3 Å². The molecule has 3 nitrogen and oxygen atoms in total. The molecule has 0 spiro atoms. The Kier molecular flexibility index (Phi) is 3.06. The molecule has 3 rings (SSSR count). The Labute approximate surface area is 114 Å². The van der Waals surface area contributed by atoms with Crippen molar-refractivity contribution in [1.29, 1.82) is 0 Å². The Hall–Kier alpha value is -1.39. The topological polar surface area (TPSA) is 30.7 Å². The van der Waals surface area contributed by atoms with Gasteiger partial charge in [-0.2, -0.15) is 11.3 Å². The van der Waals surface area contributed by atoms with E-state index in [1.165, 1.54) is 0 Å². The molecular weight excluding hydrogens is 266 g/mol. The monoisotopic (exact) mass is 277 g/mol. The maximum atomic E-state index is 5.87. The van der Waals surface area contributed by atoms with Gasteiger partial charge in [0.25, 0.3) is 0 Å². The van der Waals surface area contributed by atoms with E-state index in [-0.39, 0.29) is 0 Å². The minimum atomic E-state index is 0.562. The van der Waals surface area contributed by atoms with Crippen LogP contribution in [0.25, 0.3) is 16.9 Å². The van der Waals surface area contributed by atoms with Gasteiger partial charge in [-0.1, -0.05) is 0 Å². The number of thiophene rings is 1. The number of rotatable bonds is 3. The largest absolute Gasteiger partial charge is 0.280 e. The third kappa shape index (κ3) is 1.82. The van der Waals surface area contributed by atoms with E-state index in [9.17, 15) is 0 Å². The standard InChI is InChI=1S/C13H12ClN3S/c1-9-3-6-15-13-12(9)16-11(2-5-14)17(13)10-4-7-18-8-10/h3-4,6-8H,2,5H2,1H3. The average Bonchev–Trinajstić information content (AvgIpc) is 2.96. The van der Waals surface area contributed by atoms with Gasteiger partial charge in [-0.3, -0.25) is 4.57 Å². The van der Waals surface area contributed by atoms with E-state index < -0.39 is 0 Å². The first-order valence-electron chi connectivity index (χ1n) is 5.72. The molecule has 0 fully saturated rings. The van der Waals surface area contributed by atoms with Crippen molar-refractivity contribution in [3.8, 4) is 5.69 Å². The molecular formula is C13H12ClN3S. The summed E-state index contributed by atoms with van der Waals surface area (Å²) in [6.07, 6.45) is 2.57. The van der Waals surface area contributed by atoms with Gasteiger partial charge in [0.2, 0.25) is 0 Å². The first-order valence-corrected chi connectivity index (χ1v) is 7.20. The second-order valence-corrected chi connectivity index (χ2v) is 5.24. The Morgan fingerprint density at radius 1 is 1.39 bits per heavy atom. The lowest BCUT2D eigenvalue weighted by Crippen LogP contribution is -2.01. The summed E-state index contributed by atoms with van der Waals surface area (Å²) in [5.41, 5.74) is 4.13. The molecule has 0 unspecified atom stereocenters. The SMILES string of the molecule is Cc1ccnc2c1nc(CCCl)n2-c1ccsc1. The highest BCUT2D eigenvalue weighted by atomic mass is 35.5. The lowest BCUT2D eigenvalue weighted by atomic mass is 10.3. The minimum Gasteiger partial charge on any atom is -0.280 e. The van der Waals surface area contributed by atoms with E-state index in [4.69, 9.17) is 11.6 Å². The van der Waals surface area contributed by atoms with Gasteiger partial charge in [0.05, 0.1) is 5.69 Å². The summed E-state index contributed by atoms with van der Waals surface area (Å²) in [4.78, 5) is 9.14. The zero-order valence-electron chi connectivity index (χ0n) is 9.93. The van der Waals surface area contributed by atoms with E-state index in [0.717, 1.165) is 34.7 Å². The van der Waals surface area contributed by atoms with Crippen molar-refractivity contribution >= 4 is 34.1 Å². The number of halogens is 1. The van der Waals surface area contributed by atoms with Crippen LogP contribution < -0.4 is 0 Å². The number of hydrogen-bond acceptors (Lipinski definition) is 3. The van der Waals surface area contributed by atoms with Crippen LogP contribution in [0, 0.1) is 6.92 Å².